The lowest BCUT2D eigenvalue weighted by atomic mass is 10.2. The number of hydrogen-bond donors (Lipinski definition) is 2. The Morgan fingerprint density at radius 2 is 2.00 bits per heavy atom. The molecule has 0 bridgehead atoms. The number of aryl methyl sites for hydroxylation is 1. The highest BCUT2D eigenvalue weighted by atomic mass is 32.2. The van der Waals surface area contributed by atoms with E-state index in [0.717, 1.165) is 16.9 Å². The largest absolute Gasteiger partial charge is 0.321 e. The summed E-state index contributed by atoms with van der Waals surface area (Å²) in [5, 5.41) is 4.24. The van der Waals surface area contributed by atoms with Gasteiger partial charge in [0.25, 0.3) is 5.91 Å². The number of anilines is 1. The quantitative estimate of drug-likeness (QED) is 0.887. The third-order valence-electron chi connectivity index (χ3n) is 2.84. The average Bonchev–Trinajstić information content (AvgIpc) is 2.92. The van der Waals surface area contributed by atoms with Gasteiger partial charge in [-0.15, -0.1) is 11.3 Å². The van der Waals surface area contributed by atoms with Crippen molar-refractivity contribution in [2.75, 3.05) is 11.9 Å². The summed E-state index contributed by atoms with van der Waals surface area (Å²) >= 11 is 1.10. The van der Waals surface area contributed by atoms with E-state index in [0.29, 0.717) is 17.1 Å². The molecule has 0 unspecified atom stereocenters. The van der Waals surface area contributed by atoms with Crippen LogP contribution in [0.15, 0.2) is 40.6 Å². The molecule has 1 aromatic heterocycles. The maximum absolute atomic E-state index is 12.1. The molecule has 2 N–H and O–H groups in total. The fourth-order valence-electron chi connectivity index (χ4n) is 1.75. The maximum atomic E-state index is 12.1. The first-order chi connectivity index (χ1) is 9.94. The fraction of sp³-hybridized carbons (Fsp3) is 0.214. The molecule has 21 heavy (non-hydrogen) atoms. The van der Waals surface area contributed by atoms with E-state index in [2.05, 4.69) is 10.0 Å². The molecule has 7 heteroatoms. The minimum Gasteiger partial charge on any atom is -0.321 e. The van der Waals surface area contributed by atoms with E-state index in [9.17, 15) is 13.2 Å². The molecule has 0 aliphatic rings. The SMILES string of the molecule is CCNS(=O)(=O)c1csc(C(=O)Nc2ccccc2C)c1. The van der Waals surface area contributed by atoms with Gasteiger partial charge in [-0.3, -0.25) is 4.79 Å². The Morgan fingerprint density at radius 3 is 2.67 bits per heavy atom. The predicted octanol–water partition coefficient (Wildman–Crippen LogP) is 2.61. The van der Waals surface area contributed by atoms with Gasteiger partial charge in [-0.05, 0) is 24.6 Å². The third kappa shape index (κ3) is 3.69. The Bertz CT molecular complexity index is 751. The molecule has 0 saturated carbocycles. The first kappa shape index (κ1) is 15.7. The van der Waals surface area contributed by atoms with E-state index >= 15 is 0 Å². The minimum absolute atomic E-state index is 0.115. The van der Waals surface area contributed by atoms with Crippen molar-refractivity contribution in [2.24, 2.45) is 0 Å². The molecule has 112 valence electrons. The number of para-hydroxylation sites is 1. The molecule has 0 aliphatic heterocycles. The summed E-state index contributed by atoms with van der Waals surface area (Å²) in [5.41, 5.74) is 1.66. The van der Waals surface area contributed by atoms with E-state index in [1.165, 1.54) is 11.4 Å². The van der Waals surface area contributed by atoms with Crippen LogP contribution >= 0.6 is 11.3 Å². The van der Waals surface area contributed by atoms with Crippen LogP contribution in [-0.2, 0) is 10.0 Å². The van der Waals surface area contributed by atoms with Crippen LogP contribution in [-0.4, -0.2) is 20.9 Å². The summed E-state index contributed by atoms with van der Waals surface area (Å²) in [6, 6.07) is 8.80. The lowest BCUT2D eigenvalue weighted by Crippen LogP contribution is -2.22. The molecule has 5 nitrogen and oxygen atoms in total. The monoisotopic (exact) mass is 324 g/mol. The second kappa shape index (κ2) is 6.38. The van der Waals surface area contributed by atoms with Crippen LogP contribution in [0.1, 0.15) is 22.2 Å². The molecule has 1 heterocycles. The number of thiophene rings is 1. The first-order valence-electron chi connectivity index (χ1n) is 6.39. The zero-order valence-corrected chi connectivity index (χ0v) is 13.3. The summed E-state index contributed by atoms with van der Waals surface area (Å²) in [4.78, 5) is 12.6. The standard InChI is InChI=1S/C14H16N2O3S2/c1-3-15-21(18,19)11-8-13(20-9-11)14(17)16-12-7-5-4-6-10(12)2/h4-9,15H,3H2,1-2H3,(H,16,17). The summed E-state index contributed by atoms with van der Waals surface area (Å²) in [7, 11) is -3.52. The van der Waals surface area contributed by atoms with Crippen LogP contribution in [0, 0.1) is 6.92 Å². The zero-order chi connectivity index (χ0) is 15.5. The summed E-state index contributed by atoms with van der Waals surface area (Å²) in [5.74, 6) is -0.313. The Balaban J connectivity index is 2.19. The van der Waals surface area contributed by atoms with E-state index in [-0.39, 0.29) is 10.8 Å². The zero-order valence-electron chi connectivity index (χ0n) is 11.7. The molecule has 0 atom stereocenters. The van der Waals surface area contributed by atoms with Crippen LogP contribution in [0.2, 0.25) is 0 Å². The number of carbonyl (C=O) groups excluding carboxylic acids is 1. The number of nitrogens with one attached hydrogen (secondary N) is 2. The van der Waals surface area contributed by atoms with Gasteiger partial charge in [-0.25, -0.2) is 13.1 Å². The molecule has 1 aromatic carbocycles. The van der Waals surface area contributed by atoms with Gasteiger partial charge in [0.15, 0.2) is 0 Å². The smallest absolute Gasteiger partial charge is 0.265 e. The molecule has 0 saturated heterocycles. The predicted molar refractivity (Wildman–Crippen MR) is 84.3 cm³/mol. The van der Waals surface area contributed by atoms with Gasteiger partial charge in [0, 0.05) is 17.6 Å². The van der Waals surface area contributed by atoms with Crippen molar-refractivity contribution in [1.82, 2.24) is 4.72 Å². The number of rotatable bonds is 5. The minimum atomic E-state index is -3.52. The molecular weight excluding hydrogens is 308 g/mol. The van der Waals surface area contributed by atoms with Gasteiger partial charge in [0.05, 0.1) is 9.77 Å². The lowest BCUT2D eigenvalue weighted by molar-refractivity contribution is 0.103. The van der Waals surface area contributed by atoms with Crippen molar-refractivity contribution in [2.45, 2.75) is 18.7 Å². The Labute approximate surface area is 128 Å². The van der Waals surface area contributed by atoms with Crippen LogP contribution in [0.4, 0.5) is 5.69 Å². The van der Waals surface area contributed by atoms with E-state index < -0.39 is 10.0 Å². The maximum Gasteiger partial charge on any atom is 0.265 e. The molecule has 2 rings (SSSR count). The number of hydrogen-bond acceptors (Lipinski definition) is 4. The van der Waals surface area contributed by atoms with E-state index in [1.54, 1.807) is 13.0 Å². The average molecular weight is 324 g/mol. The van der Waals surface area contributed by atoms with Gasteiger partial charge < -0.3 is 5.32 Å². The van der Waals surface area contributed by atoms with Crippen LogP contribution in [0.5, 0.6) is 0 Å². The van der Waals surface area contributed by atoms with Gasteiger partial charge in [0.2, 0.25) is 10.0 Å². The Morgan fingerprint density at radius 1 is 1.29 bits per heavy atom. The normalized spacial score (nSPS) is 11.3. The third-order valence-corrected chi connectivity index (χ3v) is 5.44. The molecule has 0 aliphatic carbocycles. The molecular formula is C14H16N2O3S2. The lowest BCUT2D eigenvalue weighted by Gasteiger charge is -2.06. The fourth-order valence-corrected chi connectivity index (χ4v) is 3.96. The van der Waals surface area contributed by atoms with Crippen LogP contribution in [0.25, 0.3) is 0 Å². The molecule has 0 fully saturated rings. The topological polar surface area (TPSA) is 75.3 Å². The highest BCUT2D eigenvalue weighted by molar-refractivity contribution is 7.89. The Hall–Kier alpha value is -1.70. The van der Waals surface area contributed by atoms with Gasteiger partial charge in [-0.2, -0.15) is 0 Å². The number of carbonyl (C=O) groups is 1. The van der Waals surface area contributed by atoms with E-state index in [4.69, 9.17) is 0 Å². The van der Waals surface area contributed by atoms with Crippen molar-refractivity contribution in [3.05, 3.63) is 46.2 Å². The summed E-state index contributed by atoms with van der Waals surface area (Å²) < 4.78 is 26.1. The molecule has 2 aromatic rings. The second-order valence-electron chi connectivity index (χ2n) is 4.42. The van der Waals surface area contributed by atoms with Crippen LogP contribution < -0.4 is 10.0 Å². The van der Waals surface area contributed by atoms with Crippen molar-refractivity contribution in [3.8, 4) is 0 Å². The van der Waals surface area contributed by atoms with Crippen molar-refractivity contribution >= 4 is 33.0 Å². The Kier molecular flexibility index (Phi) is 4.76. The van der Waals surface area contributed by atoms with Crippen molar-refractivity contribution in [1.29, 1.82) is 0 Å². The van der Waals surface area contributed by atoms with Gasteiger partial charge in [0.1, 0.15) is 0 Å². The number of amides is 1. The van der Waals surface area contributed by atoms with Crippen LogP contribution in [0.3, 0.4) is 0 Å². The second-order valence-corrected chi connectivity index (χ2v) is 7.10. The highest BCUT2D eigenvalue weighted by Gasteiger charge is 2.18. The molecule has 0 radical (unpaired) electrons. The van der Waals surface area contributed by atoms with Crippen molar-refractivity contribution < 1.29 is 13.2 Å². The summed E-state index contributed by atoms with van der Waals surface area (Å²) in [6.45, 7) is 3.91. The number of benzene rings is 1. The van der Waals surface area contributed by atoms with E-state index in [1.807, 2.05) is 25.1 Å². The van der Waals surface area contributed by atoms with Crippen molar-refractivity contribution in [3.63, 3.8) is 0 Å². The van der Waals surface area contributed by atoms with Gasteiger partial charge in [-0.1, -0.05) is 25.1 Å². The number of sulfonamides is 1. The molecule has 0 spiro atoms. The molecule has 1 amide bonds. The highest BCUT2D eigenvalue weighted by Crippen LogP contribution is 2.21. The first-order valence-corrected chi connectivity index (χ1v) is 8.75. The summed E-state index contributed by atoms with van der Waals surface area (Å²) in [6.07, 6.45) is 0. The van der Waals surface area contributed by atoms with Gasteiger partial charge >= 0.3 is 0 Å².